The summed E-state index contributed by atoms with van der Waals surface area (Å²) >= 11 is 4.33. The number of nitrogens with zero attached hydrogens (tertiary/aromatic N) is 2. The van der Waals surface area contributed by atoms with Gasteiger partial charge in [0.05, 0.1) is 12.3 Å². The molecule has 0 aliphatic carbocycles. The number of carbonyl (C=O) groups is 1. The van der Waals surface area contributed by atoms with E-state index in [2.05, 4.69) is 10.2 Å². The van der Waals surface area contributed by atoms with Gasteiger partial charge < -0.3 is 25.3 Å². The molecule has 0 amide bonds. The average Bonchev–Trinajstić information content (AvgIpc) is 3.06. The van der Waals surface area contributed by atoms with Gasteiger partial charge in [0.15, 0.2) is 8.68 Å². The van der Waals surface area contributed by atoms with Crippen LogP contribution in [0.1, 0.15) is 15.9 Å². The molecule has 0 fully saturated rings. The smallest absolute Gasteiger partial charge is 0.534 e. The lowest BCUT2D eigenvalue weighted by atomic mass is 9.77. The summed E-state index contributed by atoms with van der Waals surface area (Å²) in [4.78, 5) is 11.5. The molecule has 0 unspecified atom stereocenters. The molecular weight excluding hydrogens is 397 g/mol. The quantitative estimate of drug-likeness (QED) is 0.453. The van der Waals surface area contributed by atoms with Crippen LogP contribution in [0.2, 0.25) is 0 Å². The molecule has 0 spiro atoms. The van der Waals surface area contributed by atoms with Crippen LogP contribution >= 0.6 is 34.9 Å². The Labute approximate surface area is 162 Å². The van der Waals surface area contributed by atoms with Gasteiger partial charge in [-0.25, -0.2) is 4.79 Å². The minimum Gasteiger partial charge on any atom is -0.534 e. The number of fused-ring (bicyclic) bond motifs is 1. The van der Waals surface area contributed by atoms with Crippen LogP contribution in [-0.2, 0) is 6.42 Å². The van der Waals surface area contributed by atoms with E-state index in [1.54, 1.807) is 12.1 Å². The zero-order valence-corrected chi connectivity index (χ0v) is 16.2. The molecule has 1 aliphatic rings. The minimum absolute atomic E-state index is 0.0797. The number of aromatic carboxylic acids is 1. The van der Waals surface area contributed by atoms with E-state index < -0.39 is 13.1 Å². The Kier molecular flexibility index (Phi) is 6.30. The summed E-state index contributed by atoms with van der Waals surface area (Å²) in [5.74, 6) is -0.0534. The average molecular weight is 413 g/mol. The zero-order chi connectivity index (χ0) is 18.7. The molecule has 2 aromatic rings. The van der Waals surface area contributed by atoms with Crippen LogP contribution in [0.25, 0.3) is 0 Å². The second-order valence-corrected chi connectivity index (χ2v) is 9.08. The highest BCUT2D eigenvalue weighted by molar-refractivity contribution is 8.04. The van der Waals surface area contributed by atoms with E-state index in [4.69, 9.17) is 15.1 Å². The van der Waals surface area contributed by atoms with E-state index in [1.807, 2.05) is 0 Å². The van der Waals surface area contributed by atoms with Crippen molar-refractivity contribution in [3.63, 3.8) is 0 Å². The summed E-state index contributed by atoms with van der Waals surface area (Å²) < 4.78 is 12.2. The van der Waals surface area contributed by atoms with Crippen LogP contribution in [0, 0.1) is 0 Å². The van der Waals surface area contributed by atoms with Crippen LogP contribution in [0.3, 0.4) is 0 Å². The summed E-state index contributed by atoms with van der Waals surface area (Å²) in [6, 6.07) is 3.35. The zero-order valence-electron chi connectivity index (χ0n) is 13.7. The first-order chi connectivity index (χ1) is 12.5. The number of rotatable bonds is 7. The third-order valence-electron chi connectivity index (χ3n) is 3.60. The van der Waals surface area contributed by atoms with Crippen LogP contribution in [0.15, 0.2) is 20.8 Å². The highest BCUT2D eigenvalue weighted by Gasteiger charge is 2.39. The summed E-state index contributed by atoms with van der Waals surface area (Å²) in [7, 11) is 0.226. The molecule has 0 saturated carbocycles. The molecule has 1 aromatic carbocycles. The largest absolute Gasteiger partial charge is 0.537 e. The Hall–Kier alpha value is -1.47. The van der Waals surface area contributed by atoms with E-state index in [9.17, 15) is 14.9 Å². The third kappa shape index (κ3) is 4.09. The molecule has 2 heterocycles. The van der Waals surface area contributed by atoms with E-state index in [1.165, 1.54) is 42.0 Å². The fourth-order valence-corrected chi connectivity index (χ4v) is 5.63. The highest BCUT2D eigenvalue weighted by atomic mass is 32.2. The summed E-state index contributed by atoms with van der Waals surface area (Å²) in [6.45, 7) is 0.564. The summed E-state index contributed by atoms with van der Waals surface area (Å²) in [6.07, 6.45) is 0.441. The van der Waals surface area contributed by atoms with Crippen LogP contribution in [0.5, 0.6) is 11.5 Å². The Morgan fingerprint density at radius 3 is 2.96 bits per heavy atom. The third-order valence-corrected chi connectivity index (χ3v) is 7.00. The van der Waals surface area contributed by atoms with Gasteiger partial charge in [-0.2, -0.15) is 0 Å². The molecule has 0 saturated heterocycles. The molecule has 1 atom stereocenters. The lowest BCUT2D eigenvalue weighted by Gasteiger charge is -2.27. The van der Waals surface area contributed by atoms with Crippen molar-refractivity contribution < 1.29 is 24.3 Å². The number of aromatic nitrogens is 2. The molecule has 3 rings (SSSR count). The first kappa shape index (κ1) is 19.3. The number of benzene rings is 1. The molecular formula is C14H16BN3O5S3. The minimum atomic E-state index is -1.17. The Morgan fingerprint density at radius 2 is 2.27 bits per heavy atom. The maximum Gasteiger partial charge on any atom is 0.537 e. The molecule has 0 radical (unpaired) electrons. The van der Waals surface area contributed by atoms with Gasteiger partial charge in [-0.1, -0.05) is 40.9 Å². The molecule has 1 aromatic heterocycles. The summed E-state index contributed by atoms with van der Waals surface area (Å²) in [5, 5.41) is 27.7. The highest BCUT2D eigenvalue weighted by Crippen LogP contribution is 2.41. The van der Waals surface area contributed by atoms with Crippen molar-refractivity contribution in [3.8, 4) is 11.5 Å². The lowest BCUT2D eigenvalue weighted by molar-refractivity contribution is 0.0690. The van der Waals surface area contributed by atoms with Gasteiger partial charge in [-0.05, 0) is 18.1 Å². The van der Waals surface area contributed by atoms with Crippen LogP contribution < -0.4 is 15.1 Å². The van der Waals surface area contributed by atoms with Crippen molar-refractivity contribution in [3.05, 3.63) is 23.3 Å². The number of methoxy groups -OCH3 is 1. The fraction of sp³-hybridized carbons (Fsp3) is 0.357. The van der Waals surface area contributed by atoms with Crippen molar-refractivity contribution in [1.29, 1.82) is 0 Å². The number of carboxylic acid groups (broad SMARTS) is 1. The maximum absolute atomic E-state index is 11.5. The first-order valence-electron chi connectivity index (χ1n) is 7.64. The van der Waals surface area contributed by atoms with Gasteiger partial charge in [-0.3, -0.25) is 0 Å². The van der Waals surface area contributed by atoms with Crippen molar-refractivity contribution in [2.24, 2.45) is 5.73 Å². The molecule has 12 heteroatoms. The Balaban J connectivity index is 1.79. The van der Waals surface area contributed by atoms with E-state index >= 15 is 0 Å². The molecule has 4 N–H and O–H groups in total. The monoisotopic (exact) mass is 413 g/mol. The van der Waals surface area contributed by atoms with Gasteiger partial charge in [0.2, 0.25) is 0 Å². The predicted octanol–water partition coefficient (Wildman–Crippen LogP) is 1.41. The van der Waals surface area contributed by atoms with Crippen molar-refractivity contribution >= 4 is 47.9 Å². The van der Waals surface area contributed by atoms with E-state index in [-0.39, 0.29) is 22.2 Å². The number of carboxylic acids is 1. The molecule has 138 valence electrons. The first-order valence-corrected chi connectivity index (χ1v) is 10.3. The maximum atomic E-state index is 11.5. The second kappa shape index (κ2) is 8.48. The fourth-order valence-electron chi connectivity index (χ4n) is 2.47. The molecule has 8 nitrogen and oxygen atoms in total. The van der Waals surface area contributed by atoms with Crippen LogP contribution in [-0.4, -0.2) is 58.0 Å². The van der Waals surface area contributed by atoms with Crippen molar-refractivity contribution in [2.75, 3.05) is 19.4 Å². The number of hydrogen-bond acceptors (Lipinski definition) is 10. The Morgan fingerprint density at radius 1 is 1.50 bits per heavy atom. The van der Waals surface area contributed by atoms with Crippen molar-refractivity contribution in [1.82, 2.24) is 10.2 Å². The molecule has 26 heavy (non-hydrogen) atoms. The normalized spacial score (nSPS) is 16.1. The van der Waals surface area contributed by atoms with Gasteiger partial charge in [0.1, 0.15) is 17.1 Å². The van der Waals surface area contributed by atoms with E-state index in [0.717, 1.165) is 10.1 Å². The standard InChI is InChI=1S/C14H16BN3O5S3/c1-22-8-3-2-7-6-9(15(21)23-11(7)10(8)12(19)20)25-14-18-17-13(26-14)24-5-4-16/h2-3,9,21H,4-6,16H2,1H3,(H,19,20)/t9-/m0/s1. The van der Waals surface area contributed by atoms with Gasteiger partial charge >= 0.3 is 13.1 Å². The Bertz CT molecular complexity index is 806. The van der Waals surface area contributed by atoms with Gasteiger partial charge in [-0.15, -0.1) is 10.2 Å². The van der Waals surface area contributed by atoms with Gasteiger partial charge in [0, 0.05) is 12.3 Å². The number of ether oxygens (including phenoxy) is 1. The van der Waals surface area contributed by atoms with Crippen LogP contribution in [0.4, 0.5) is 0 Å². The number of nitrogens with two attached hydrogens (primary N) is 1. The summed E-state index contributed by atoms with van der Waals surface area (Å²) in [5.41, 5.74) is 6.10. The SMILES string of the molecule is COc1ccc2c(c1C(=O)O)OB(O)[C@@H](Sc1nnc(SCCN)s1)C2. The second-order valence-electron chi connectivity index (χ2n) is 5.28. The van der Waals surface area contributed by atoms with Gasteiger partial charge in [0.25, 0.3) is 0 Å². The predicted molar refractivity (Wildman–Crippen MR) is 102 cm³/mol. The lowest BCUT2D eigenvalue weighted by Crippen LogP contribution is -2.40. The van der Waals surface area contributed by atoms with Crippen molar-refractivity contribution in [2.45, 2.75) is 20.2 Å². The molecule has 0 bridgehead atoms. The van der Waals surface area contributed by atoms with E-state index in [0.29, 0.717) is 22.9 Å². The number of hydrogen-bond donors (Lipinski definition) is 3. The number of thioether (sulfide) groups is 2. The molecule has 1 aliphatic heterocycles. The topological polar surface area (TPSA) is 128 Å².